The van der Waals surface area contributed by atoms with Crippen LogP contribution in [0.15, 0.2) is 34.4 Å². The van der Waals surface area contributed by atoms with Crippen LogP contribution in [0.3, 0.4) is 0 Å². The first-order valence-corrected chi connectivity index (χ1v) is 13.6. The predicted molar refractivity (Wildman–Crippen MR) is 131 cm³/mol. The lowest BCUT2D eigenvalue weighted by molar-refractivity contribution is -0.119. The molecule has 0 radical (unpaired) electrons. The molecule has 188 valence electrons. The molecule has 0 aromatic heterocycles. The van der Waals surface area contributed by atoms with Crippen LogP contribution in [0.25, 0.3) is 0 Å². The molecule has 1 saturated heterocycles. The van der Waals surface area contributed by atoms with Crippen molar-refractivity contribution < 1.29 is 17.9 Å². The van der Waals surface area contributed by atoms with Gasteiger partial charge in [0.1, 0.15) is 11.4 Å². The molecule has 2 atom stereocenters. The molecule has 2 unspecified atom stereocenters. The van der Waals surface area contributed by atoms with E-state index in [1.165, 1.54) is 0 Å². The van der Waals surface area contributed by atoms with Crippen molar-refractivity contribution in [2.24, 2.45) is 0 Å². The Morgan fingerprint density at radius 1 is 1.12 bits per heavy atom. The molecule has 0 bridgehead atoms. The summed E-state index contributed by atoms with van der Waals surface area (Å²) in [5.41, 5.74) is 2.34. The van der Waals surface area contributed by atoms with Gasteiger partial charge in [0.2, 0.25) is 10.0 Å². The molecule has 1 N–H and O–H groups in total. The van der Waals surface area contributed by atoms with Crippen molar-refractivity contribution in [3.8, 4) is 5.75 Å². The number of sulfonamides is 1. The summed E-state index contributed by atoms with van der Waals surface area (Å²) in [6, 6.07) is 4.61. The van der Waals surface area contributed by atoms with Crippen LogP contribution in [0.1, 0.15) is 38.8 Å². The maximum absolute atomic E-state index is 13.5. The molecule has 9 nitrogen and oxygen atoms in total. The average Bonchev–Trinajstić information content (AvgIpc) is 3.14. The number of likely N-dealkylation sites (N-methyl/N-ethyl adjacent to an activating group) is 2. The van der Waals surface area contributed by atoms with Crippen molar-refractivity contribution >= 4 is 15.9 Å². The average molecular weight is 492 g/mol. The van der Waals surface area contributed by atoms with Crippen LogP contribution in [0.2, 0.25) is 0 Å². The summed E-state index contributed by atoms with van der Waals surface area (Å²) >= 11 is 0. The second-order valence-corrected chi connectivity index (χ2v) is 11.3. The highest BCUT2D eigenvalue weighted by molar-refractivity contribution is 7.89. The summed E-state index contributed by atoms with van der Waals surface area (Å²) in [7, 11) is 0.293. The van der Waals surface area contributed by atoms with Crippen LogP contribution in [-0.2, 0) is 14.8 Å². The lowest BCUT2D eigenvalue weighted by Gasteiger charge is -2.41. The van der Waals surface area contributed by atoms with Crippen molar-refractivity contribution in [2.45, 2.75) is 44.3 Å². The Morgan fingerprint density at radius 3 is 2.47 bits per heavy atom. The van der Waals surface area contributed by atoms with Crippen LogP contribution < -0.4 is 10.1 Å². The van der Waals surface area contributed by atoms with Crippen molar-refractivity contribution in [3.05, 3.63) is 35.0 Å². The molecule has 4 rings (SSSR count). The fourth-order valence-corrected chi connectivity index (χ4v) is 6.56. The number of piperazine rings is 1. The predicted octanol–water partition coefficient (Wildman–Crippen LogP) is 1.45. The molecule has 10 heteroatoms. The maximum atomic E-state index is 13.5. The van der Waals surface area contributed by atoms with E-state index in [4.69, 9.17) is 4.74 Å². The first kappa shape index (κ1) is 25.0. The summed E-state index contributed by atoms with van der Waals surface area (Å²) in [6.45, 7) is 10.5. The third kappa shape index (κ3) is 4.44. The van der Waals surface area contributed by atoms with Crippen LogP contribution >= 0.6 is 0 Å². The molecule has 1 fully saturated rings. The summed E-state index contributed by atoms with van der Waals surface area (Å²) in [6.07, 6.45) is 1.12. The van der Waals surface area contributed by atoms with Gasteiger partial charge in [0.05, 0.1) is 23.7 Å². The normalized spacial score (nSPS) is 25.0. The zero-order chi connectivity index (χ0) is 24.6. The highest BCUT2D eigenvalue weighted by Gasteiger charge is 2.42. The number of benzene rings is 1. The molecule has 1 aromatic rings. The third-order valence-corrected chi connectivity index (χ3v) is 9.06. The monoisotopic (exact) mass is 491 g/mol. The molecule has 0 aliphatic carbocycles. The zero-order valence-corrected chi connectivity index (χ0v) is 21.7. The van der Waals surface area contributed by atoms with Gasteiger partial charge in [-0.25, -0.2) is 8.42 Å². The SMILES string of the molecule is CCCN1CC2=C(C(=O)NC2c2cc(S(=O)(=O)N3CCN(C)CC3)ccc2OCC)N(C)C1C. The number of carbonyl (C=O) groups is 1. The van der Waals surface area contributed by atoms with Crippen molar-refractivity contribution in [1.82, 2.24) is 24.3 Å². The summed E-state index contributed by atoms with van der Waals surface area (Å²) < 4.78 is 34.4. The minimum absolute atomic E-state index is 0.110. The van der Waals surface area contributed by atoms with E-state index >= 15 is 0 Å². The standard InChI is InChI=1S/C24H37N5O4S/c1-6-10-28-16-20-22(25-24(30)23(20)27(5)17(28)3)19-15-18(8-9-21(19)33-7-2)34(31,32)29-13-11-26(4)12-14-29/h8-9,15,17,22H,6-7,10-14,16H2,1-5H3,(H,25,30). The first-order valence-electron chi connectivity index (χ1n) is 12.1. The highest BCUT2D eigenvalue weighted by Crippen LogP contribution is 2.40. The Labute approximate surface area is 203 Å². The minimum Gasteiger partial charge on any atom is -0.494 e. The molecule has 3 aliphatic heterocycles. The quantitative estimate of drug-likeness (QED) is 0.618. The molecule has 34 heavy (non-hydrogen) atoms. The van der Waals surface area contributed by atoms with Gasteiger partial charge in [0.15, 0.2) is 0 Å². The van der Waals surface area contributed by atoms with Gasteiger partial charge in [-0.05, 0) is 51.1 Å². The van der Waals surface area contributed by atoms with Crippen LogP contribution in [0, 0.1) is 0 Å². The number of hydrogen-bond acceptors (Lipinski definition) is 7. The fraction of sp³-hybridized carbons (Fsp3) is 0.625. The number of amides is 1. The topological polar surface area (TPSA) is 85.4 Å². The Balaban J connectivity index is 1.74. The fourth-order valence-electron chi connectivity index (χ4n) is 5.10. The van der Waals surface area contributed by atoms with Gasteiger partial charge >= 0.3 is 0 Å². The van der Waals surface area contributed by atoms with E-state index in [0.717, 1.165) is 18.5 Å². The van der Waals surface area contributed by atoms with E-state index in [2.05, 4.69) is 29.0 Å². The van der Waals surface area contributed by atoms with E-state index in [-0.39, 0.29) is 17.0 Å². The number of ether oxygens (including phenoxy) is 1. The van der Waals surface area contributed by atoms with Crippen molar-refractivity contribution in [3.63, 3.8) is 0 Å². The first-order chi connectivity index (χ1) is 16.2. The van der Waals surface area contributed by atoms with Crippen LogP contribution in [0.5, 0.6) is 5.75 Å². The largest absolute Gasteiger partial charge is 0.494 e. The molecule has 3 aliphatic rings. The Morgan fingerprint density at radius 2 is 1.82 bits per heavy atom. The summed E-state index contributed by atoms with van der Waals surface area (Å²) in [4.78, 5) is 19.8. The van der Waals surface area contributed by atoms with Crippen LogP contribution in [-0.4, -0.2) is 99.5 Å². The maximum Gasteiger partial charge on any atom is 0.268 e. The smallest absolute Gasteiger partial charge is 0.268 e. The Kier molecular flexibility index (Phi) is 7.23. The molecule has 0 spiro atoms. The molecule has 0 saturated carbocycles. The van der Waals surface area contributed by atoms with Gasteiger partial charge < -0.3 is 19.9 Å². The lowest BCUT2D eigenvalue weighted by Crippen LogP contribution is -2.50. The molecule has 1 aromatic carbocycles. The van der Waals surface area contributed by atoms with Crippen LogP contribution in [0.4, 0.5) is 0 Å². The number of nitrogens with one attached hydrogen (secondary N) is 1. The van der Waals surface area contributed by atoms with Gasteiger partial charge in [0.25, 0.3) is 5.91 Å². The van der Waals surface area contributed by atoms with Gasteiger partial charge in [-0.1, -0.05) is 6.92 Å². The molecule has 3 heterocycles. The highest BCUT2D eigenvalue weighted by atomic mass is 32.2. The lowest BCUT2D eigenvalue weighted by atomic mass is 9.96. The summed E-state index contributed by atoms with van der Waals surface area (Å²) in [5.74, 6) is 0.475. The molecule has 1 amide bonds. The van der Waals surface area contributed by atoms with E-state index in [9.17, 15) is 13.2 Å². The third-order valence-electron chi connectivity index (χ3n) is 7.16. The van der Waals surface area contributed by atoms with Crippen molar-refractivity contribution in [1.29, 1.82) is 0 Å². The van der Waals surface area contributed by atoms with Gasteiger partial charge in [-0.2, -0.15) is 4.31 Å². The second-order valence-electron chi connectivity index (χ2n) is 9.33. The zero-order valence-electron chi connectivity index (χ0n) is 20.9. The molecular formula is C24H37N5O4S. The van der Waals surface area contributed by atoms with E-state index in [1.54, 1.807) is 22.5 Å². The number of rotatable bonds is 7. The molecular weight excluding hydrogens is 454 g/mol. The summed E-state index contributed by atoms with van der Waals surface area (Å²) in [5, 5.41) is 3.11. The van der Waals surface area contributed by atoms with Gasteiger partial charge in [-0.15, -0.1) is 0 Å². The second kappa shape index (κ2) is 9.85. The van der Waals surface area contributed by atoms with Gasteiger partial charge in [-0.3, -0.25) is 9.69 Å². The number of hydrogen-bond donors (Lipinski definition) is 1. The van der Waals surface area contributed by atoms with E-state index < -0.39 is 16.1 Å². The number of carbonyl (C=O) groups excluding carboxylic acids is 1. The number of nitrogens with zero attached hydrogens (tertiary/aromatic N) is 4. The minimum atomic E-state index is -3.65. The Bertz CT molecular complexity index is 1070. The Hall–Kier alpha value is -2.14. The van der Waals surface area contributed by atoms with E-state index in [0.29, 0.717) is 56.3 Å². The van der Waals surface area contributed by atoms with E-state index in [1.807, 2.05) is 25.9 Å². The van der Waals surface area contributed by atoms with Crippen molar-refractivity contribution in [2.75, 3.05) is 60.0 Å². The van der Waals surface area contributed by atoms with Gasteiger partial charge in [0, 0.05) is 51.9 Å².